The van der Waals surface area contributed by atoms with E-state index < -0.39 is 0 Å². The summed E-state index contributed by atoms with van der Waals surface area (Å²) >= 11 is 1.50. The van der Waals surface area contributed by atoms with Crippen LogP contribution < -0.4 is 0 Å². The molecule has 0 unspecified atom stereocenters. The van der Waals surface area contributed by atoms with E-state index in [-0.39, 0.29) is 5.91 Å². The first-order chi connectivity index (χ1) is 15.0. The molecule has 7 nitrogen and oxygen atoms in total. The molecule has 4 aromatic rings. The fraction of sp³-hybridized carbons (Fsp3) is 0.304. The molecule has 4 heterocycles. The van der Waals surface area contributed by atoms with E-state index in [1.165, 1.54) is 11.3 Å². The summed E-state index contributed by atoms with van der Waals surface area (Å²) in [4.78, 5) is 27.5. The van der Waals surface area contributed by atoms with Crippen molar-refractivity contribution in [3.63, 3.8) is 0 Å². The molecule has 5 rings (SSSR count). The Balaban J connectivity index is 1.60. The van der Waals surface area contributed by atoms with Gasteiger partial charge >= 0.3 is 0 Å². The third-order valence-electron chi connectivity index (χ3n) is 5.93. The molecule has 1 atom stereocenters. The Labute approximate surface area is 184 Å². The van der Waals surface area contributed by atoms with Crippen molar-refractivity contribution >= 4 is 28.1 Å². The molecular formula is C23H24N6OS. The molecule has 3 aromatic heterocycles. The van der Waals surface area contributed by atoms with Gasteiger partial charge in [-0.3, -0.25) is 14.9 Å². The summed E-state index contributed by atoms with van der Waals surface area (Å²) in [7, 11) is 4.12. The molecule has 1 fully saturated rings. The van der Waals surface area contributed by atoms with Crippen LogP contribution in [0, 0.1) is 6.92 Å². The number of amides is 1. The molecule has 0 radical (unpaired) electrons. The van der Waals surface area contributed by atoms with Gasteiger partial charge in [-0.05, 0) is 39.1 Å². The van der Waals surface area contributed by atoms with Crippen LogP contribution in [-0.2, 0) is 0 Å². The number of rotatable bonds is 4. The number of nitrogens with zero attached hydrogens (tertiary/aromatic N) is 5. The van der Waals surface area contributed by atoms with Gasteiger partial charge in [-0.15, -0.1) is 11.3 Å². The van der Waals surface area contributed by atoms with Crippen molar-refractivity contribution in [1.82, 2.24) is 30.0 Å². The highest BCUT2D eigenvalue weighted by atomic mass is 32.1. The van der Waals surface area contributed by atoms with Gasteiger partial charge in [0.15, 0.2) is 0 Å². The van der Waals surface area contributed by atoms with Crippen molar-refractivity contribution in [3.05, 3.63) is 54.0 Å². The van der Waals surface area contributed by atoms with Crippen LogP contribution in [0.1, 0.15) is 22.5 Å². The highest BCUT2D eigenvalue weighted by molar-refractivity contribution is 7.18. The second kappa shape index (κ2) is 7.86. The minimum absolute atomic E-state index is 0.0225. The van der Waals surface area contributed by atoms with Gasteiger partial charge in [0.2, 0.25) is 0 Å². The van der Waals surface area contributed by atoms with E-state index in [1.54, 1.807) is 12.4 Å². The predicted octanol–water partition coefficient (Wildman–Crippen LogP) is 3.83. The second-order valence-electron chi connectivity index (χ2n) is 8.17. The van der Waals surface area contributed by atoms with Gasteiger partial charge in [-0.25, -0.2) is 4.98 Å². The molecule has 0 saturated carbocycles. The summed E-state index contributed by atoms with van der Waals surface area (Å²) in [5.41, 5.74) is 4.27. The SMILES string of the molecule is Cc1cccc2c(-c3nc(C(=O)N4CC[C@H](N(C)C)C4)c(-c4cccnc4)s3)[nH]nc12. The number of carbonyl (C=O) groups is 1. The normalized spacial score (nSPS) is 16.5. The van der Waals surface area contributed by atoms with E-state index in [0.717, 1.165) is 57.1 Å². The van der Waals surface area contributed by atoms with Crippen molar-refractivity contribution < 1.29 is 4.79 Å². The maximum Gasteiger partial charge on any atom is 0.274 e. The van der Waals surface area contributed by atoms with Gasteiger partial charge in [0, 0.05) is 42.5 Å². The molecular weight excluding hydrogens is 408 g/mol. The smallest absolute Gasteiger partial charge is 0.274 e. The third-order valence-corrected chi connectivity index (χ3v) is 7.06. The summed E-state index contributed by atoms with van der Waals surface area (Å²) in [6.45, 7) is 3.50. The zero-order chi connectivity index (χ0) is 21.5. The van der Waals surface area contributed by atoms with Crippen molar-refractivity contribution in [3.8, 4) is 21.1 Å². The lowest BCUT2D eigenvalue weighted by Gasteiger charge is -2.20. The number of fused-ring (bicyclic) bond motifs is 1. The lowest BCUT2D eigenvalue weighted by Crippen LogP contribution is -2.34. The van der Waals surface area contributed by atoms with Gasteiger partial charge in [0.1, 0.15) is 16.4 Å². The van der Waals surface area contributed by atoms with Crippen LogP contribution in [0.25, 0.3) is 32.0 Å². The number of aromatic nitrogens is 4. The number of H-pyrrole nitrogens is 1. The number of aromatic amines is 1. The maximum atomic E-state index is 13.5. The summed E-state index contributed by atoms with van der Waals surface area (Å²) in [6.07, 6.45) is 4.50. The monoisotopic (exact) mass is 432 g/mol. The Morgan fingerprint density at radius 1 is 1.26 bits per heavy atom. The maximum absolute atomic E-state index is 13.5. The van der Waals surface area contributed by atoms with E-state index in [0.29, 0.717) is 11.7 Å². The Morgan fingerprint density at radius 2 is 2.13 bits per heavy atom. The number of aryl methyl sites for hydroxylation is 1. The van der Waals surface area contributed by atoms with Gasteiger partial charge in [-0.1, -0.05) is 24.3 Å². The van der Waals surface area contributed by atoms with E-state index in [9.17, 15) is 4.79 Å². The summed E-state index contributed by atoms with van der Waals surface area (Å²) in [5.74, 6) is -0.0225. The fourth-order valence-electron chi connectivity index (χ4n) is 4.11. The Kier molecular flexibility index (Phi) is 5.03. The number of pyridine rings is 1. The summed E-state index contributed by atoms with van der Waals surface area (Å²) < 4.78 is 0. The highest BCUT2D eigenvalue weighted by Gasteiger charge is 2.32. The van der Waals surface area contributed by atoms with Crippen LogP contribution in [-0.4, -0.2) is 69.1 Å². The molecule has 31 heavy (non-hydrogen) atoms. The molecule has 1 N–H and O–H groups in total. The van der Waals surface area contributed by atoms with Crippen molar-refractivity contribution in [2.75, 3.05) is 27.2 Å². The molecule has 1 aliphatic heterocycles. The molecule has 1 aliphatic rings. The molecule has 0 spiro atoms. The number of carbonyl (C=O) groups excluding carboxylic acids is 1. The molecule has 1 saturated heterocycles. The number of para-hydroxylation sites is 1. The van der Waals surface area contributed by atoms with Crippen LogP contribution in [0.15, 0.2) is 42.7 Å². The number of likely N-dealkylation sites (N-methyl/N-ethyl adjacent to an activating group) is 1. The fourth-order valence-corrected chi connectivity index (χ4v) is 5.16. The quantitative estimate of drug-likeness (QED) is 0.530. The number of hydrogen-bond acceptors (Lipinski definition) is 6. The standard InChI is InChI=1S/C23H24N6OS/c1-14-6-4-8-17-18(14)26-27-19(17)22-25-20(21(31-22)15-7-5-10-24-12-15)23(30)29-11-9-16(13-29)28(2)3/h4-8,10,12,16H,9,11,13H2,1-3H3,(H,26,27)/t16-/m0/s1. The first-order valence-electron chi connectivity index (χ1n) is 10.3. The summed E-state index contributed by atoms with van der Waals surface area (Å²) in [6, 6.07) is 10.3. The van der Waals surface area contributed by atoms with Gasteiger partial charge < -0.3 is 9.80 Å². The topological polar surface area (TPSA) is 78.0 Å². The molecule has 8 heteroatoms. The number of benzene rings is 1. The van der Waals surface area contributed by atoms with Crippen molar-refractivity contribution in [1.29, 1.82) is 0 Å². The van der Waals surface area contributed by atoms with Crippen LogP contribution in [0.4, 0.5) is 0 Å². The zero-order valence-electron chi connectivity index (χ0n) is 17.8. The second-order valence-corrected chi connectivity index (χ2v) is 9.16. The first kappa shape index (κ1) is 19.8. The number of hydrogen-bond donors (Lipinski definition) is 1. The Morgan fingerprint density at radius 3 is 2.87 bits per heavy atom. The van der Waals surface area contributed by atoms with Gasteiger partial charge in [-0.2, -0.15) is 5.10 Å². The number of nitrogens with one attached hydrogen (secondary N) is 1. The average Bonchev–Trinajstić information content (AvgIpc) is 3.51. The number of thiazole rings is 1. The van der Waals surface area contributed by atoms with E-state index in [2.05, 4.69) is 34.2 Å². The third kappa shape index (κ3) is 3.51. The Bertz CT molecular complexity index is 1250. The summed E-state index contributed by atoms with van der Waals surface area (Å²) in [5, 5.41) is 9.41. The first-order valence-corrected chi connectivity index (χ1v) is 11.2. The highest BCUT2D eigenvalue weighted by Crippen LogP contribution is 2.38. The molecule has 1 amide bonds. The molecule has 0 bridgehead atoms. The lowest BCUT2D eigenvalue weighted by molar-refractivity contribution is 0.0779. The van der Waals surface area contributed by atoms with Crippen molar-refractivity contribution in [2.24, 2.45) is 0 Å². The van der Waals surface area contributed by atoms with Crippen LogP contribution in [0.3, 0.4) is 0 Å². The van der Waals surface area contributed by atoms with Gasteiger partial charge in [0.05, 0.1) is 10.4 Å². The van der Waals surface area contributed by atoms with Crippen LogP contribution in [0.5, 0.6) is 0 Å². The molecule has 1 aromatic carbocycles. The largest absolute Gasteiger partial charge is 0.336 e. The molecule has 158 valence electrons. The van der Waals surface area contributed by atoms with Crippen molar-refractivity contribution in [2.45, 2.75) is 19.4 Å². The minimum atomic E-state index is -0.0225. The van der Waals surface area contributed by atoms with Gasteiger partial charge in [0.25, 0.3) is 5.91 Å². The van der Waals surface area contributed by atoms with Crippen LogP contribution >= 0.6 is 11.3 Å². The van der Waals surface area contributed by atoms with E-state index in [4.69, 9.17) is 4.98 Å². The minimum Gasteiger partial charge on any atom is -0.336 e. The number of likely N-dealkylation sites (tertiary alicyclic amines) is 1. The average molecular weight is 433 g/mol. The van der Waals surface area contributed by atoms with E-state index in [1.807, 2.05) is 42.2 Å². The van der Waals surface area contributed by atoms with E-state index >= 15 is 0 Å². The molecule has 0 aliphatic carbocycles. The Hall–Kier alpha value is -3.10. The zero-order valence-corrected chi connectivity index (χ0v) is 18.6. The predicted molar refractivity (Wildman–Crippen MR) is 123 cm³/mol. The van der Waals surface area contributed by atoms with Crippen LogP contribution in [0.2, 0.25) is 0 Å². The lowest BCUT2D eigenvalue weighted by atomic mass is 10.1.